The van der Waals surface area contributed by atoms with Crippen molar-refractivity contribution in [3.05, 3.63) is 85.8 Å². The second kappa shape index (κ2) is 7.63. The molecule has 0 saturated heterocycles. The summed E-state index contributed by atoms with van der Waals surface area (Å²) in [6.07, 6.45) is 0. The van der Waals surface area contributed by atoms with Crippen LogP contribution in [-0.2, 0) is 20.1 Å². The molecule has 0 spiro atoms. The van der Waals surface area contributed by atoms with Gasteiger partial charge >= 0.3 is 5.69 Å². The summed E-state index contributed by atoms with van der Waals surface area (Å²) >= 11 is 6.05. The van der Waals surface area contributed by atoms with Crippen LogP contribution in [0.5, 0.6) is 0 Å². The Bertz CT molecular complexity index is 1450. The van der Waals surface area contributed by atoms with Gasteiger partial charge in [-0.25, -0.2) is 9.18 Å². The molecule has 5 rings (SSSR count). The third-order valence-corrected chi connectivity index (χ3v) is 6.12. The van der Waals surface area contributed by atoms with Gasteiger partial charge in [0, 0.05) is 36.4 Å². The van der Waals surface area contributed by atoms with Crippen LogP contribution in [0.25, 0.3) is 11.2 Å². The molecular formula is C23H21ClFN5O2. The lowest BCUT2D eigenvalue weighted by atomic mass is 10.1. The van der Waals surface area contributed by atoms with Gasteiger partial charge in [0.2, 0.25) is 5.95 Å². The van der Waals surface area contributed by atoms with Crippen LogP contribution < -0.4 is 16.1 Å². The van der Waals surface area contributed by atoms with Crippen molar-refractivity contribution in [1.82, 2.24) is 18.7 Å². The Hall–Kier alpha value is -3.39. The molecule has 0 fully saturated rings. The summed E-state index contributed by atoms with van der Waals surface area (Å²) in [4.78, 5) is 33.2. The monoisotopic (exact) mass is 453 g/mol. The van der Waals surface area contributed by atoms with Gasteiger partial charge < -0.3 is 9.47 Å². The highest BCUT2D eigenvalue weighted by Crippen LogP contribution is 2.33. The lowest BCUT2D eigenvalue weighted by Gasteiger charge is -2.33. The predicted octanol–water partition coefficient (Wildman–Crippen LogP) is 3.53. The van der Waals surface area contributed by atoms with Gasteiger partial charge in [0.1, 0.15) is 5.82 Å². The number of aryl methyl sites for hydroxylation is 1. The third kappa shape index (κ3) is 3.22. The average Bonchev–Trinajstić information content (AvgIpc) is 3.16. The van der Waals surface area contributed by atoms with Gasteiger partial charge in [-0.2, -0.15) is 4.98 Å². The molecule has 1 aliphatic rings. The minimum absolute atomic E-state index is 0.148. The van der Waals surface area contributed by atoms with E-state index in [2.05, 4.69) is 11.9 Å². The first-order valence-corrected chi connectivity index (χ1v) is 10.7. The van der Waals surface area contributed by atoms with Crippen LogP contribution >= 0.6 is 11.6 Å². The Morgan fingerprint density at radius 1 is 1.09 bits per heavy atom. The number of aromatic nitrogens is 4. The molecule has 3 heterocycles. The highest BCUT2D eigenvalue weighted by Gasteiger charge is 2.30. The number of halogens is 2. The van der Waals surface area contributed by atoms with Gasteiger partial charge in [0.25, 0.3) is 5.56 Å². The Balaban J connectivity index is 1.73. The smallest absolute Gasteiger partial charge is 0.312 e. The molecule has 0 amide bonds. The van der Waals surface area contributed by atoms with Crippen molar-refractivity contribution in [2.75, 3.05) is 11.4 Å². The van der Waals surface area contributed by atoms with E-state index in [1.54, 1.807) is 37.4 Å². The third-order valence-electron chi connectivity index (χ3n) is 5.87. The minimum atomic E-state index is -0.535. The molecule has 4 aromatic rings. The molecule has 0 aliphatic carbocycles. The van der Waals surface area contributed by atoms with E-state index < -0.39 is 17.1 Å². The zero-order valence-corrected chi connectivity index (χ0v) is 18.4. The van der Waals surface area contributed by atoms with E-state index in [1.807, 2.05) is 21.6 Å². The summed E-state index contributed by atoms with van der Waals surface area (Å²) in [5.74, 6) is 0.364. The van der Waals surface area contributed by atoms with E-state index in [1.165, 1.54) is 10.6 Å². The van der Waals surface area contributed by atoms with Crippen molar-refractivity contribution in [2.24, 2.45) is 13.0 Å². The average molecular weight is 454 g/mol. The molecule has 1 atom stereocenters. The van der Waals surface area contributed by atoms with Gasteiger partial charge in [0.05, 0.1) is 6.54 Å². The van der Waals surface area contributed by atoms with Crippen LogP contribution in [0.3, 0.4) is 0 Å². The highest BCUT2D eigenvalue weighted by molar-refractivity contribution is 6.30. The van der Waals surface area contributed by atoms with Crippen molar-refractivity contribution in [2.45, 2.75) is 20.0 Å². The van der Waals surface area contributed by atoms with Crippen LogP contribution in [0.1, 0.15) is 12.5 Å². The van der Waals surface area contributed by atoms with Crippen molar-refractivity contribution < 1.29 is 4.39 Å². The molecule has 9 heteroatoms. The summed E-state index contributed by atoms with van der Waals surface area (Å²) in [5.41, 5.74) is 0.814. The quantitative estimate of drug-likeness (QED) is 0.476. The highest BCUT2D eigenvalue weighted by atomic mass is 35.5. The molecule has 0 unspecified atom stereocenters. The van der Waals surface area contributed by atoms with Gasteiger partial charge in [-0.05, 0) is 36.2 Å². The first-order valence-electron chi connectivity index (χ1n) is 10.3. The fourth-order valence-electron chi connectivity index (χ4n) is 4.28. The Morgan fingerprint density at radius 2 is 1.81 bits per heavy atom. The maximum atomic E-state index is 14.2. The van der Waals surface area contributed by atoms with Crippen LogP contribution in [0.15, 0.2) is 58.1 Å². The summed E-state index contributed by atoms with van der Waals surface area (Å²) in [6.45, 7) is 3.24. The SMILES string of the molecule is C[C@H]1CN(c2ccc(Cl)cc2)c2nc3c(c(=O)n(Cc4ccccc4F)c(=O)n3C)n2C1. The second-order valence-electron chi connectivity index (χ2n) is 8.21. The number of benzene rings is 2. The van der Waals surface area contributed by atoms with Gasteiger partial charge in [-0.3, -0.25) is 13.9 Å². The van der Waals surface area contributed by atoms with E-state index in [0.717, 1.165) is 10.3 Å². The number of rotatable bonds is 3. The van der Waals surface area contributed by atoms with E-state index in [-0.39, 0.29) is 18.0 Å². The molecule has 7 nitrogen and oxygen atoms in total. The first kappa shape index (κ1) is 20.5. The Labute approximate surface area is 187 Å². The summed E-state index contributed by atoms with van der Waals surface area (Å²) in [5, 5.41) is 0.630. The molecule has 164 valence electrons. The van der Waals surface area contributed by atoms with Crippen molar-refractivity contribution in [3.63, 3.8) is 0 Å². The molecular weight excluding hydrogens is 433 g/mol. The summed E-state index contributed by atoms with van der Waals surface area (Å²) < 4.78 is 18.5. The number of hydrogen-bond donors (Lipinski definition) is 0. The van der Waals surface area contributed by atoms with E-state index in [0.29, 0.717) is 35.2 Å². The second-order valence-corrected chi connectivity index (χ2v) is 8.65. The fraction of sp³-hybridized carbons (Fsp3) is 0.261. The zero-order chi connectivity index (χ0) is 22.6. The van der Waals surface area contributed by atoms with Crippen molar-refractivity contribution in [1.29, 1.82) is 0 Å². The Kier molecular flexibility index (Phi) is 4.89. The lowest BCUT2D eigenvalue weighted by molar-refractivity contribution is 0.458. The zero-order valence-electron chi connectivity index (χ0n) is 17.6. The van der Waals surface area contributed by atoms with E-state index in [9.17, 15) is 14.0 Å². The van der Waals surface area contributed by atoms with Crippen molar-refractivity contribution in [3.8, 4) is 0 Å². The summed E-state index contributed by atoms with van der Waals surface area (Å²) in [7, 11) is 1.58. The number of fused-ring (bicyclic) bond motifs is 3. The van der Waals surface area contributed by atoms with Crippen LogP contribution in [0.2, 0.25) is 5.02 Å². The Morgan fingerprint density at radius 3 is 2.53 bits per heavy atom. The first-order chi connectivity index (χ1) is 15.3. The predicted molar refractivity (Wildman–Crippen MR) is 122 cm³/mol. The normalized spacial score (nSPS) is 15.9. The minimum Gasteiger partial charge on any atom is -0.312 e. The lowest BCUT2D eigenvalue weighted by Crippen LogP contribution is -2.40. The van der Waals surface area contributed by atoms with Crippen LogP contribution in [-0.4, -0.2) is 25.2 Å². The largest absolute Gasteiger partial charge is 0.332 e. The summed E-state index contributed by atoms with van der Waals surface area (Å²) in [6, 6.07) is 13.6. The van der Waals surface area contributed by atoms with Gasteiger partial charge in [0.15, 0.2) is 11.2 Å². The number of hydrogen-bond acceptors (Lipinski definition) is 4. The molecule has 0 saturated carbocycles. The maximum Gasteiger partial charge on any atom is 0.332 e. The number of anilines is 2. The standard InChI is InChI=1S/C23H21ClFN5O2/c1-14-11-28(17-9-7-16(24)8-10-17)22-26-20-19(29(22)12-14)21(31)30(23(32)27(20)2)13-15-5-3-4-6-18(15)25/h3-10,14H,11-13H2,1-2H3/t14-/m0/s1. The van der Waals surface area contributed by atoms with Gasteiger partial charge in [-0.15, -0.1) is 0 Å². The van der Waals surface area contributed by atoms with E-state index >= 15 is 0 Å². The molecule has 32 heavy (non-hydrogen) atoms. The molecule has 0 N–H and O–H groups in total. The van der Waals surface area contributed by atoms with Crippen LogP contribution in [0, 0.1) is 11.7 Å². The molecule has 2 aromatic heterocycles. The topological polar surface area (TPSA) is 65.1 Å². The van der Waals surface area contributed by atoms with Crippen molar-refractivity contribution >= 4 is 34.4 Å². The maximum absolute atomic E-state index is 14.2. The molecule has 0 radical (unpaired) electrons. The van der Waals surface area contributed by atoms with E-state index in [4.69, 9.17) is 11.6 Å². The number of imidazole rings is 1. The fourth-order valence-corrected chi connectivity index (χ4v) is 4.41. The molecule has 1 aliphatic heterocycles. The molecule has 0 bridgehead atoms. The molecule has 2 aromatic carbocycles. The van der Waals surface area contributed by atoms with Gasteiger partial charge in [-0.1, -0.05) is 36.7 Å². The van der Waals surface area contributed by atoms with Crippen LogP contribution in [0.4, 0.5) is 16.0 Å². The number of nitrogens with zero attached hydrogens (tertiary/aromatic N) is 5.